The minimum atomic E-state index is -0.999. The van der Waals surface area contributed by atoms with Gasteiger partial charge in [0.15, 0.2) is 0 Å². The Hall–Kier alpha value is -0.0600. The number of hydrogen-bond acceptors (Lipinski definition) is 2. The van der Waals surface area contributed by atoms with Gasteiger partial charge in [0, 0.05) is 5.06 Å². The van der Waals surface area contributed by atoms with Crippen molar-refractivity contribution in [3.8, 4) is 0 Å². The zero-order valence-corrected chi connectivity index (χ0v) is 6.64. The Bertz CT molecular complexity index is 129. The van der Waals surface area contributed by atoms with Crippen LogP contribution in [-0.2, 0) is 9.13 Å². The maximum Gasteiger partial charge on any atom is 0.0950 e. The largest absolute Gasteiger partial charge is 0.325 e. The Kier molecular flexibility index (Phi) is 5.05. The summed E-state index contributed by atoms with van der Waals surface area (Å²) in [7, 11) is -2.00. The van der Waals surface area contributed by atoms with E-state index in [4.69, 9.17) is 0 Å². The highest BCUT2D eigenvalue weighted by Gasteiger charge is 1.81. The molecule has 2 nitrogen and oxygen atoms in total. The third kappa shape index (κ3) is 3.01. The molecule has 0 spiro atoms. The van der Waals surface area contributed by atoms with Gasteiger partial charge in [-0.15, -0.1) is 0 Å². The molecule has 0 bridgehead atoms. The summed E-state index contributed by atoms with van der Waals surface area (Å²) in [6, 6.07) is 0. The van der Waals surface area contributed by atoms with Crippen molar-refractivity contribution < 1.29 is 9.13 Å². The molecule has 2 unspecified atom stereocenters. The van der Waals surface area contributed by atoms with Gasteiger partial charge < -0.3 is 9.13 Å². The molecule has 0 amide bonds. The van der Waals surface area contributed by atoms with Crippen molar-refractivity contribution in [3.63, 3.8) is 0 Å². The van der Waals surface area contributed by atoms with Gasteiger partial charge in [0.05, 0.1) is 16.9 Å². The Morgan fingerprint density at radius 1 is 1.38 bits per heavy atom. The van der Waals surface area contributed by atoms with Gasteiger partial charge in [-0.25, -0.2) is 0 Å². The Labute approximate surface area is 50.7 Å². The molecule has 8 heavy (non-hydrogen) atoms. The molecule has 2 atom stereocenters. The summed E-state index contributed by atoms with van der Waals surface area (Å²) in [6.45, 7) is 3.37. The summed E-state index contributed by atoms with van der Waals surface area (Å²) in [6.07, 6.45) is 3.02. The molecule has 0 fully saturated rings. The molecule has 0 heterocycles. The van der Waals surface area contributed by atoms with Crippen molar-refractivity contribution in [1.29, 1.82) is 0 Å². The second-order valence-electron chi connectivity index (χ2n) is 1.14. The summed E-state index contributed by atoms with van der Waals surface area (Å²) in [4.78, 5) is 0. The van der Waals surface area contributed by atoms with Crippen molar-refractivity contribution in [2.75, 3.05) is 0 Å². The second-order valence-corrected chi connectivity index (χ2v) is 3.61. The molecule has 0 rings (SSSR count). The van der Waals surface area contributed by atoms with Gasteiger partial charge in [-0.05, 0) is 6.08 Å². The molecule has 0 saturated heterocycles. The Morgan fingerprint density at radius 3 is 2.00 bits per heavy atom. The highest BCUT2D eigenvalue weighted by molar-refractivity contribution is 7.51. The molecule has 0 N–H and O–H groups in total. The predicted octanol–water partition coefficient (Wildman–Crippen LogP) is 1.53. The van der Waals surface area contributed by atoms with Gasteiger partial charge >= 0.3 is 0 Å². The number of allylic oxidation sites excluding steroid dienone is 2. The van der Waals surface area contributed by atoms with Gasteiger partial charge in [-0.3, -0.25) is 0 Å². The monoisotopic (exact) mass is 150 g/mol. The van der Waals surface area contributed by atoms with E-state index in [1.54, 1.807) is 0 Å². The van der Waals surface area contributed by atoms with Gasteiger partial charge in [-0.2, -0.15) is 0 Å². The van der Waals surface area contributed by atoms with Crippen LogP contribution in [0, 0.1) is 0 Å². The van der Waals surface area contributed by atoms with Crippen LogP contribution in [0.1, 0.15) is 0 Å². The SMILES string of the molecule is C=CC=C([PH2]=O)[PH2]=O. The average Bonchev–Trinajstić information content (AvgIpc) is 1.83. The first-order valence-corrected chi connectivity index (χ1v) is 4.18. The van der Waals surface area contributed by atoms with Crippen LogP contribution < -0.4 is 0 Å². The fourth-order valence-electron chi connectivity index (χ4n) is 0.242. The van der Waals surface area contributed by atoms with Crippen LogP contribution in [0.5, 0.6) is 0 Å². The van der Waals surface area contributed by atoms with Crippen LogP contribution in [0.4, 0.5) is 0 Å². The highest BCUT2D eigenvalue weighted by atomic mass is 31.1. The summed E-state index contributed by atoms with van der Waals surface area (Å²) >= 11 is 0. The summed E-state index contributed by atoms with van der Waals surface area (Å²) in [5.74, 6) is 0. The normalized spacial score (nSPS) is 11.0. The van der Waals surface area contributed by atoms with E-state index in [0.717, 1.165) is 0 Å². The molecule has 0 aliphatic heterocycles. The van der Waals surface area contributed by atoms with Gasteiger partial charge in [-0.1, -0.05) is 12.7 Å². The van der Waals surface area contributed by atoms with Crippen molar-refractivity contribution in [1.82, 2.24) is 0 Å². The summed E-state index contributed by atoms with van der Waals surface area (Å²) in [5, 5.41) is 0.528. The van der Waals surface area contributed by atoms with Crippen molar-refractivity contribution in [3.05, 3.63) is 23.8 Å². The topological polar surface area (TPSA) is 34.1 Å². The Morgan fingerprint density at radius 2 is 1.88 bits per heavy atom. The molecule has 4 heteroatoms. The maximum absolute atomic E-state index is 10.0. The standard InChI is InChI=1S/C4H8O2P2/c1-2-3-4(7-5)8-6/h2-3H,1,7-8H2. The van der Waals surface area contributed by atoms with E-state index in [1.165, 1.54) is 12.2 Å². The lowest BCUT2D eigenvalue weighted by atomic mass is 10.6. The molecule has 0 aromatic carbocycles. The van der Waals surface area contributed by atoms with E-state index in [0.29, 0.717) is 5.06 Å². The van der Waals surface area contributed by atoms with E-state index >= 15 is 0 Å². The third-order valence-corrected chi connectivity index (χ3v) is 2.33. The molecule has 46 valence electrons. The average molecular weight is 150 g/mol. The molecule has 0 saturated carbocycles. The minimum Gasteiger partial charge on any atom is -0.325 e. The van der Waals surface area contributed by atoms with Crippen LogP contribution in [0.25, 0.3) is 0 Å². The predicted molar refractivity (Wildman–Crippen MR) is 39.1 cm³/mol. The van der Waals surface area contributed by atoms with Crippen LogP contribution >= 0.6 is 16.9 Å². The van der Waals surface area contributed by atoms with Crippen LogP contribution in [-0.4, -0.2) is 0 Å². The van der Waals surface area contributed by atoms with Crippen LogP contribution in [0.2, 0.25) is 0 Å². The van der Waals surface area contributed by atoms with Crippen molar-refractivity contribution in [2.45, 2.75) is 0 Å². The van der Waals surface area contributed by atoms with E-state index in [1.807, 2.05) is 0 Å². The molecular formula is C4H8O2P2. The lowest BCUT2D eigenvalue weighted by Gasteiger charge is -1.77. The molecule has 0 aromatic rings. The van der Waals surface area contributed by atoms with Crippen molar-refractivity contribution >= 4 is 16.9 Å². The molecular weight excluding hydrogens is 142 g/mol. The van der Waals surface area contributed by atoms with E-state index in [9.17, 15) is 9.13 Å². The lowest BCUT2D eigenvalue weighted by Crippen LogP contribution is -1.46. The third-order valence-electron chi connectivity index (χ3n) is 0.582. The smallest absolute Gasteiger partial charge is 0.0950 e. The maximum atomic E-state index is 10.0. The zero-order chi connectivity index (χ0) is 6.41. The van der Waals surface area contributed by atoms with Crippen LogP contribution in [0.3, 0.4) is 0 Å². The summed E-state index contributed by atoms with van der Waals surface area (Å²) in [5.41, 5.74) is 0. The highest BCUT2D eigenvalue weighted by Crippen LogP contribution is 2.23. The van der Waals surface area contributed by atoms with Gasteiger partial charge in [0.25, 0.3) is 0 Å². The van der Waals surface area contributed by atoms with E-state index < -0.39 is 16.9 Å². The van der Waals surface area contributed by atoms with Gasteiger partial charge in [0.1, 0.15) is 0 Å². The molecule has 0 radical (unpaired) electrons. The number of rotatable bonds is 3. The van der Waals surface area contributed by atoms with E-state index in [-0.39, 0.29) is 0 Å². The fraction of sp³-hybridized carbons (Fsp3) is 0. The minimum absolute atomic E-state index is 0.528. The Balaban J connectivity index is 4.05. The molecule has 0 aliphatic rings. The molecule has 0 aliphatic carbocycles. The quantitative estimate of drug-likeness (QED) is 0.451. The molecule has 0 aromatic heterocycles. The van der Waals surface area contributed by atoms with Crippen molar-refractivity contribution in [2.24, 2.45) is 0 Å². The zero-order valence-electron chi connectivity index (χ0n) is 4.33. The first kappa shape index (κ1) is 7.94. The first-order chi connectivity index (χ1) is 3.85. The van der Waals surface area contributed by atoms with Gasteiger partial charge in [0.2, 0.25) is 0 Å². The number of hydrogen-bond donors (Lipinski definition) is 0. The summed E-state index contributed by atoms with van der Waals surface area (Å²) < 4.78 is 20.1. The second kappa shape index (κ2) is 5.08. The van der Waals surface area contributed by atoms with E-state index in [2.05, 4.69) is 6.58 Å². The lowest BCUT2D eigenvalue weighted by molar-refractivity contribution is 0.598. The first-order valence-electron chi connectivity index (χ1n) is 2.08. The van der Waals surface area contributed by atoms with Crippen LogP contribution in [0.15, 0.2) is 23.8 Å². The fourth-order valence-corrected chi connectivity index (χ4v) is 0.894.